The second-order valence-corrected chi connectivity index (χ2v) is 7.79. The third-order valence-electron chi connectivity index (χ3n) is 6.23. The molecule has 1 heterocycles. The van der Waals surface area contributed by atoms with Crippen LogP contribution in [0, 0.1) is 11.8 Å². The summed E-state index contributed by atoms with van der Waals surface area (Å²) in [4.78, 5) is 12.0. The highest BCUT2D eigenvalue weighted by molar-refractivity contribution is 5.89. The number of nitrogens with two attached hydrogens (primary N) is 1. The molecule has 144 valence electrons. The van der Waals surface area contributed by atoms with Crippen molar-refractivity contribution >= 4 is 16.7 Å². The van der Waals surface area contributed by atoms with E-state index in [0.717, 1.165) is 29.3 Å². The Labute approximate surface area is 165 Å². The predicted octanol–water partition coefficient (Wildman–Crippen LogP) is 4.10. The summed E-state index contributed by atoms with van der Waals surface area (Å²) in [6, 6.07) is 22.1. The Morgan fingerprint density at radius 1 is 1.07 bits per heavy atom. The first-order valence-corrected chi connectivity index (χ1v) is 9.84. The number of carbonyl (C=O) groups excluding carboxylic acids is 1. The lowest BCUT2D eigenvalue weighted by Gasteiger charge is -2.40. The van der Waals surface area contributed by atoms with Gasteiger partial charge in [0, 0.05) is 35.4 Å². The van der Waals surface area contributed by atoms with Gasteiger partial charge in [-0.2, -0.15) is 0 Å². The smallest absolute Gasteiger partial charge is 0.220 e. The van der Waals surface area contributed by atoms with E-state index in [1.54, 1.807) is 0 Å². The lowest BCUT2D eigenvalue weighted by Crippen LogP contribution is -2.43. The van der Waals surface area contributed by atoms with Gasteiger partial charge in [0.2, 0.25) is 5.91 Å². The molecular formula is C24H26N2O2. The van der Waals surface area contributed by atoms with Crippen LogP contribution in [0.1, 0.15) is 36.4 Å². The highest BCUT2D eigenvalue weighted by atomic mass is 16.3. The fraction of sp³-hybridized carbons (Fsp3) is 0.292. The molecule has 4 atom stereocenters. The van der Waals surface area contributed by atoms with Gasteiger partial charge in [-0.3, -0.25) is 4.79 Å². The summed E-state index contributed by atoms with van der Waals surface area (Å²) in [7, 11) is 0. The van der Waals surface area contributed by atoms with Gasteiger partial charge >= 0.3 is 0 Å². The van der Waals surface area contributed by atoms with Crippen molar-refractivity contribution in [3.8, 4) is 5.75 Å². The molecule has 0 aromatic heterocycles. The van der Waals surface area contributed by atoms with Crippen molar-refractivity contribution in [1.82, 2.24) is 5.32 Å². The normalized spacial score (nSPS) is 23.4. The summed E-state index contributed by atoms with van der Waals surface area (Å²) < 4.78 is 0. The minimum Gasteiger partial charge on any atom is -0.507 e. The van der Waals surface area contributed by atoms with E-state index >= 15 is 0 Å². The first kappa shape index (κ1) is 18.5. The monoisotopic (exact) mass is 374 g/mol. The fourth-order valence-corrected chi connectivity index (χ4v) is 4.56. The van der Waals surface area contributed by atoms with Gasteiger partial charge in [-0.1, -0.05) is 73.7 Å². The molecule has 0 bridgehead atoms. The molecule has 4 nitrogen and oxygen atoms in total. The second-order valence-electron chi connectivity index (χ2n) is 7.79. The molecule has 0 radical (unpaired) electrons. The third kappa shape index (κ3) is 3.36. The topological polar surface area (TPSA) is 75.4 Å². The van der Waals surface area contributed by atoms with Crippen molar-refractivity contribution in [2.24, 2.45) is 17.6 Å². The summed E-state index contributed by atoms with van der Waals surface area (Å²) >= 11 is 0. The molecule has 4 unspecified atom stereocenters. The number of piperidine rings is 1. The Hall–Kier alpha value is -2.85. The summed E-state index contributed by atoms with van der Waals surface area (Å²) in [5, 5.41) is 16.4. The van der Waals surface area contributed by atoms with Gasteiger partial charge in [-0.05, 0) is 23.3 Å². The zero-order valence-corrected chi connectivity index (χ0v) is 16.0. The molecule has 1 aliphatic rings. The number of hydrogen-bond acceptors (Lipinski definition) is 3. The molecule has 1 saturated heterocycles. The van der Waals surface area contributed by atoms with Crippen molar-refractivity contribution in [2.45, 2.75) is 25.3 Å². The van der Waals surface area contributed by atoms with Crippen LogP contribution in [0.3, 0.4) is 0 Å². The molecule has 4 N–H and O–H groups in total. The van der Waals surface area contributed by atoms with E-state index in [0.29, 0.717) is 5.75 Å². The van der Waals surface area contributed by atoms with Crippen LogP contribution in [0.5, 0.6) is 5.75 Å². The minimum atomic E-state index is -0.269. The molecule has 0 aliphatic carbocycles. The Morgan fingerprint density at radius 2 is 1.79 bits per heavy atom. The zero-order valence-electron chi connectivity index (χ0n) is 16.0. The first-order chi connectivity index (χ1) is 13.6. The molecule has 0 saturated carbocycles. The molecular weight excluding hydrogens is 348 g/mol. The number of primary amides is 1. The summed E-state index contributed by atoms with van der Waals surface area (Å²) in [5.41, 5.74) is 7.79. The first-order valence-electron chi connectivity index (χ1n) is 9.84. The van der Waals surface area contributed by atoms with Crippen LogP contribution >= 0.6 is 0 Å². The fourth-order valence-electron chi connectivity index (χ4n) is 4.56. The van der Waals surface area contributed by atoms with Gasteiger partial charge < -0.3 is 16.2 Å². The number of aromatic hydroxyl groups is 1. The van der Waals surface area contributed by atoms with Crippen LogP contribution in [-0.2, 0) is 4.79 Å². The van der Waals surface area contributed by atoms with Crippen molar-refractivity contribution in [2.75, 3.05) is 6.54 Å². The summed E-state index contributed by atoms with van der Waals surface area (Å²) in [5.74, 6) is 0.130. The van der Waals surface area contributed by atoms with Crippen molar-refractivity contribution in [3.63, 3.8) is 0 Å². The van der Waals surface area contributed by atoms with Crippen LogP contribution in [0.25, 0.3) is 10.8 Å². The average molecular weight is 374 g/mol. The maximum absolute atomic E-state index is 12.0. The van der Waals surface area contributed by atoms with Crippen LogP contribution in [-0.4, -0.2) is 17.6 Å². The van der Waals surface area contributed by atoms with E-state index < -0.39 is 0 Å². The lowest BCUT2D eigenvalue weighted by molar-refractivity contribution is -0.123. The number of phenols is 1. The highest BCUT2D eigenvalue weighted by Gasteiger charge is 2.37. The number of carbonyl (C=O) groups is 1. The minimum absolute atomic E-state index is 0.0173. The molecule has 3 aromatic carbocycles. The largest absolute Gasteiger partial charge is 0.507 e. The van der Waals surface area contributed by atoms with E-state index in [9.17, 15) is 9.90 Å². The number of amides is 1. The van der Waals surface area contributed by atoms with E-state index in [1.807, 2.05) is 61.5 Å². The molecule has 1 amide bonds. The Balaban J connectivity index is 1.68. The maximum Gasteiger partial charge on any atom is 0.220 e. The number of nitrogens with one attached hydrogen (secondary N) is 1. The van der Waals surface area contributed by atoms with Crippen molar-refractivity contribution in [1.29, 1.82) is 0 Å². The number of rotatable bonds is 4. The average Bonchev–Trinajstić information content (AvgIpc) is 2.74. The third-order valence-corrected chi connectivity index (χ3v) is 6.23. The summed E-state index contributed by atoms with van der Waals surface area (Å²) in [6.07, 6.45) is 0.746. The van der Waals surface area contributed by atoms with Crippen LogP contribution in [0.15, 0.2) is 66.7 Å². The standard InChI is InChI=1S/C24H26N2O2/c1-15(24(25)28)20-13-22(26-14-21(20)16-7-3-2-4-8-16)19-12-11-17-9-5-6-10-18(17)23(19)27/h2-12,15,20-22,26-27H,13-14H2,1H3,(H2,25,28). The van der Waals surface area contributed by atoms with E-state index in [-0.39, 0.29) is 29.7 Å². The molecule has 3 aromatic rings. The maximum atomic E-state index is 12.0. The predicted molar refractivity (Wildman–Crippen MR) is 112 cm³/mol. The Bertz CT molecular complexity index is 986. The van der Waals surface area contributed by atoms with Crippen LogP contribution in [0.4, 0.5) is 0 Å². The number of benzene rings is 3. The van der Waals surface area contributed by atoms with E-state index in [2.05, 4.69) is 17.4 Å². The quantitative estimate of drug-likeness (QED) is 0.643. The van der Waals surface area contributed by atoms with Crippen molar-refractivity contribution in [3.05, 3.63) is 77.9 Å². The Kier molecular flexibility index (Phi) is 5.05. The van der Waals surface area contributed by atoms with Gasteiger partial charge in [-0.25, -0.2) is 0 Å². The molecule has 1 aliphatic heterocycles. The van der Waals surface area contributed by atoms with Gasteiger partial charge in [0.1, 0.15) is 5.75 Å². The van der Waals surface area contributed by atoms with E-state index in [4.69, 9.17) is 5.73 Å². The zero-order chi connectivity index (χ0) is 19.7. The summed E-state index contributed by atoms with van der Waals surface area (Å²) in [6.45, 7) is 2.66. The van der Waals surface area contributed by atoms with Gasteiger partial charge in [0.05, 0.1) is 0 Å². The van der Waals surface area contributed by atoms with E-state index in [1.165, 1.54) is 5.56 Å². The number of phenolic OH excluding ortho intramolecular Hbond substituents is 1. The molecule has 1 fully saturated rings. The van der Waals surface area contributed by atoms with Crippen LogP contribution in [0.2, 0.25) is 0 Å². The van der Waals surface area contributed by atoms with Crippen LogP contribution < -0.4 is 11.1 Å². The van der Waals surface area contributed by atoms with Gasteiger partial charge in [-0.15, -0.1) is 0 Å². The lowest BCUT2D eigenvalue weighted by atomic mass is 9.71. The molecule has 4 rings (SSSR count). The SMILES string of the molecule is CC(C(N)=O)C1CC(c2ccc3ccccc3c2O)NCC1c1ccccc1. The highest BCUT2D eigenvalue weighted by Crippen LogP contribution is 2.43. The Morgan fingerprint density at radius 3 is 2.54 bits per heavy atom. The van der Waals surface area contributed by atoms with Gasteiger partial charge in [0.15, 0.2) is 0 Å². The molecule has 4 heteroatoms. The number of fused-ring (bicyclic) bond motifs is 1. The molecule has 28 heavy (non-hydrogen) atoms. The second kappa shape index (κ2) is 7.64. The van der Waals surface area contributed by atoms with Gasteiger partial charge in [0.25, 0.3) is 0 Å². The van der Waals surface area contributed by atoms with Crippen molar-refractivity contribution < 1.29 is 9.90 Å². The molecule has 0 spiro atoms. The number of hydrogen-bond donors (Lipinski definition) is 3.